The highest BCUT2D eigenvalue weighted by atomic mass is 16.5. The summed E-state index contributed by atoms with van der Waals surface area (Å²) in [7, 11) is 0. The maximum atomic E-state index is 5.46. The Morgan fingerprint density at radius 1 is 1.00 bits per heavy atom. The van der Waals surface area contributed by atoms with Gasteiger partial charge in [-0.2, -0.15) is 4.98 Å². The van der Waals surface area contributed by atoms with Gasteiger partial charge in [0.25, 0.3) is 0 Å². The molecular formula is C20H22N6O. The van der Waals surface area contributed by atoms with Gasteiger partial charge in [0.05, 0.1) is 24.6 Å². The van der Waals surface area contributed by atoms with Gasteiger partial charge in [-0.25, -0.2) is 4.98 Å². The van der Waals surface area contributed by atoms with Crippen molar-refractivity contribution in [2.75, 3.05) is 41.8 Å². The third kappa shape index (κ3) is 4.51. The number of hydrogen-bond acceptors (Lipinski definition) is 7. The number of morpholine rings is 1. The molecule has 3 aromatic rings. The first kappa shape index (κ1) is 17.2. The highest BCUT2D eigenvalue weighted by Gasteiger charge is 2.14. The molecule has 0 unspecified atom stereocenters. The molecule has 2 N–H and O–H groups in total. The summed E-state index contributed by atoms with van der Waals surface area (Å²) < 4.78 is 5.46. The molecule has 4 rings (SSSR count). The smallest absolute Gasteiger partial charge is 0.224 e. The van der Waals surface area contributed by atoms with Crippen molar-refractivity contribution in [3.05, 3.63) is 66.6 Å². The third-order valence-corrected chi connectivity index (χ3v) is 4.35. The Kier molecular flexibility index (Phi) is 5.40. The van der Waals surface area contributed by atoms with Crippen LogP contribution in [0.5, 0.6) is 0 Å². The molecule has 3 heterocycles. The predicted octanol–water partition coefficient (Wildman–Crippen LogP) is 3.06. The molecule has 0 spiro atoms. The second-order valence-electron chi connectivity index (χ2n) is 6.22. The molecular weight excluding hydrogens is 340 g/mol. The molecule has 0 aliphatic carbocycles. The van der Waals surface area contributed by atoms with E-state index in [1.807, 2.05) is 30.5 Å². The molecule has 7 nitrogen and oxygen atoms in total. The van der Waals surface area contributed by atoms with Crippen molar-refractivity contribution in [3.63, 3.8) is 0 Å². The van der Waals surface area contributed by atoms with Crippen molar-refractivity contribution in [3.8, 4) is 0 Å². The lowest BCUT2D eigenvalue weighted by molar-refractivity contribution is 0.123. The van der Waals surface area contributed by atoms with Gasteiger partial charge in [0, 0.05) is 38.2 Å². The van der Waals surface area contributed by atoms with Crippen LogP contribution in [0, 0.1) is 0 Å². The summed E-state index contributed by atoms with van der Waals surface area (Å²) in [5.74, 6) is 1.33. The molecule has 27 heavy (non-hydrogen) atoms. The number of rotatable bonds is 6. The lowest BCUT2D eigenvalue weighted by Gasteiger charge is -2.30. The van der Waals surface area contributed by atoms with Crippen LogP contribution in [0.4, 0.5) is 23.1 Å². The van der Waals surface area contributed by atoms with Crippen LogP contribution in [0.15, 0.2) is 61.1 Å². The zero-order chi connectivity index (χ0) is 18.3. The second kappa shape index (κ2) is 8.46. The standard InChI is InChI=1S/C20H22N6O/c1-2-6-18(26-10-12-27-13-11-26)17(5-1)24-19-7-9-22-20(25-19)23-15-16-4-3-8-21-14-16/h1-9,14H,10-13,15H2,(H2,22,23,24,25). The van der Waals surface area contributed by atoms with E-state index in [1.165, 1.54) is 0 Å². The highest BCUT2D eigenvalue weighted by Crippen LogP contribution is 2.28. The Morgan fingerprint density at radius 2 is 1.89 bits per heavy atom. The van der Waals surface area contributed by atoms with Crippen LogP contribution in [0.1, 0.15) is 5.56 Å². The molecule has 1 aliphatic rings. The Balaban J connectivity index is 1.47. The Morgan fingerprint density at radius 3 is 2.74 bits per heavy atom. The molecule has 1 saturated heterocycles. The number of para-hydroxylation sites is 2. The number of aromatic nitrogens is 3. The van der Waals surface area contributed by atoms with E-state index in [2.05, 4.69) is 48.7 Å². The monoisotopic (exact) mass is 362 g/mol. The van der Waals surface area contributed by atoms with Crippen LogP contribution in [-0.4, -0.2) is 41.3 Å². The summed E-state index contributed by atoms with van der Waals surface area (Å²) in [6.07, 6.45) is 5.34. The van der Waals surface area contributed by atoms with Crippen molar-refractivity contribution < 1.29 is 4.74 Å². The van der Waals surface area contributed by atoms with Gasteiger partial charge in [0.2, 0.25) is 5.95 Å². The van der Waals surface area contributed by atoms with Crippen molar-refractivity contribution in [1.82, 2.24) is 15.0 Å². The van der Waals surface area contributed by atoms with Crippen LogP contribution >= 0.6 is 0 Å². The summed E-state index contributed by atoms with van der Waals surface area (Å²) in [5, 5.41) is 6.66. The molecule has 2 aromatic heterocycles. The quantitative estimate of drug-likeness (QED) is 0.698. The van der Waals surface area contributed by atoms with E-state index in [4.69, 9.17) is 4.74 Å². The Hall–Kier alpha value is -3.19. The average molecular weight is 362 g/mol. The molecule has 1 aromatic carbocycles. The molecule has 1 aliphatic heterocycles. The number of nitrogens with one attached hydrogen (secondary N) is 2. The minimum atomic E-state index is 0.577. The van der Waals surface area contributed by atoms with Gasteiger partial charge in [-0.1, -0.05) is 18.2 Å². The van der Waals surface area contributed by atoms with Crippen LogP contribution in [0.2, 0.25) is 0 Å². The van der Waals surface area contributed by atoms with Gasteiger partial charge < -0.3 is 20.3 Å². The molecule has 7 heteroatoms. The zero-order valence-corrected chi connectivity index (χ0v) is 15.0. The number of nitrogens with zero attached hydrogens (tertiary/aromatic N) is 4. The number of ether oxygens (including phenoxy) is 1. The number of benzene rings is 1. The van der Waals surface area contributed by atoms with E-state index in [-0.39, 0.29) is 0 Å². The summed E-state index contributed by atoms with van der Waals surface area (Å²) in [6, 6.07) is 14.1. The molecule has 0 radical (unpaired) electrons. The first-order valence-electron chi connectivity index (χ1n) is 9.03. The van der Waals surface area contributed by atoms with Gasteiger partial charge in [0.1, 0.15) is 5.82 Å². The summed E-state index contributed by atoms with van der Waals surface area (Å²) in [5.41, 5.74) is 3.26. The minimum absolute atomic E-state index is 0.577. The van der Waals surface area contributed by atoms with Crippen molar-refractivity contribution >= 4 is 23.1 Å². The van der Waals surface area contributed by atoms with E-state index in [0.717, 1.165) is 49.1 Å². The molecule has 1 fully saturated rings. The predicted molar refractivity (Wildman–Crippen MR) is 106 cm³/mol. The normalized spacial score (nSPS) is 14.0. The largest absolute Gasteiger partial charge is 0.378 e. The van der Waals surface area contributed by atoms with Gasteiger partial charge in [0.15, 0.2) is 0 Å². The van der Waals surface area contributed by atoms with Crippen LogP contribution in [-0.2, 0) is 11.3 Å². The number of anilines is 4. The first-order chi connectivity index (χ1) is 13.4. The zero-order valence-electron chi connectivity index (χ0n) is 15.0. The van der Waals surface area contributed by atoms with Crippen molar-refractivity contribution in [1.29, 1.82) is 0 Å². The van der Waals surface area contributed by atoms with E-state index < -0.39 is 0 Å². The van der Waals surface area contributed by atoms with Crippen LogP contribution < -0.4 is 15.5 Å². The molecule has 0 bridgehead atoms. The average Bonchev–Trinajstić information content (AvgIpc) is 2.74. The fourth-order valence-electron chi connectivity index (χ4n) is 2.99. The minimum Gasteiger partial charge on any atom is -0.378 e. The van der Waals surface area contributed by atoms with E-state index >= 15 is 0 Å². The van der Waals surface area contributed by atoms with E-state index in [0.29, 0.717) is 12.5 Å². The molecule has 138 valence electrons. The Labute approximate surface area is 158 Å². The van der Waals surface area contributed by atoms with Gasteiger partial charge in [-0.15, -0.1) is 0 Å². The summed E-state index contributed by atoms with van der Waals surface area (Å²) in [6.45, 7) is 3.91. The molecule has 0 amide bonds. The summed E-state index contributed by atoms with van der Waals surface area (Å²) in [4.78, 5) is 15.3. The van der Waals surface area contributed by atoms with E-state index in [1.54, 1.807) is 12.4 Å². The summed E-state index contributed by atoms with van der Waals surface area (Å²) >= 11 is 0. The van der Waals surface area contributed by atoms with Crippen molar-refractivity contribution in [2.45, 2.75) is 6.54 Å². The maximum Gasteiger partial charge on any atom is 0.224 e. The lowest BCUT2D eigenvalue weighted by atomic mass is 10.2. The fraction of sp³-hybridized carbons (Fsp3) is 0.250. The highest BCUT2D eigenvalue weighted by molar-refractivity contribution is 5.74. The third-order valence-electron chi connectivity index (χ3n) is 4.35. The second-order valence-corrected chi connectivity index (χ2v) is 6.22. The lowest BCUT2D eigenvalue weighted by Crippen LogP contribution is -2.36. The van der Waals surface area contributed by atoms with Gasteiger partial charge in [-0.3, -0.25) is 4.98 Å². The van der Waals surface area contributed by atoms with Crippen LogP contribution in [0.25, 0.3) is 0 Å². The van der Waals surface area contributed by atoms with Gasteiger partial charge >= 0.3 is 0 Å². The van der Waals surface area contributed by atoms with Crippen molar-refractivity contribution in [2.24, 2.45) is 0 Å². The molecule has 0 saturated carbocycles. The van der Waals surface area contributed by atoms with E-state index in [9.17, 15) is 0 Å². The number of pyridine rings is 1. The van der Waals surface area contributed by atoms with Gasteiger partial charge in [-0.05, 0) is 29.8 Å². The number of hydrogen-bond donors (Lipinski definition) is 2. The van der Waals surface area contributed by atoms with Crippen LogP contribution in [0.3, 0.4) is 0 Å². The first-order valence-corrected chi connectivity index (χ1v) is 9.03. The SMILES string of the molecule is c1cncc(CNc2nccc(Nc3ccccc3N3CCOCC3)n2)c1. The molecule has 0 atom stereocenters. The fourth-order valence-corrected chi connectivity index (χ4v) is 2.99. The topological polar surface area (TPSA) is 75.2 Å². The Bertz CT molecular complexity index is 867. The maximum absolute atomic E-state index is 5.46.